The van der Waals surface area contributed by atoms with E-state index in [1.807, 2.05) is 12.1 Å². The van der Waals surface area contributed by atoms with Crippen molar-refractivity contribution < 1.29 is 13.6 Å². The van der Waals surface area contributed by atoms with Crippen LogP contribution in [0.1, 0.15) is 22.8 Å². The number of anilines is 1. The van der Waals surface area contributed by atoms with Crippen LogP contribution < -0.4 is 5.32 Å². The number of rotatable bonds is 4. The molecule has 4 nitrogen and oxygen atoms in total. The minimum absolute atomic E-state index is 0.199. The molecule has 0 unspecified atom stereocenters. The Morgan fingerprint density at radius 3 is 2.59 bits per heavy atom. The Morgan fingerprint density at radius 2 is 1.85 bits per heavy atom. The average Bonchev–Trinajstić information content (AvgIpc) is 3.11. The van der Waals surface area contributed by atoms with Gasteiger partial charge in [-0.1, -0.05) is 31.2 Å². The zero-order valence-corrected chi connectivity index (χ0v) is 14.7. The molecule has 0 aliphatic rings. The molecule has 134 valence electrons. The number of aromatic nitrogens is 1. The summed E-state index contributed by atoms with van der Waals surface area (Å²) in [5.41, 5.74) is 3.73. The van der Waals surface area contributed by atoms with Crippen molar-refractivity contribution in [3.8, 4) is 11.5 Å². The molecule has 0 fully saturated rings. The number of benzene rings is 3. The summed E-state index contributed by atoms with van der Waals surface area (Å²) in [5, 5.41) is 2.85. The van der Waals surface area contributed by atoms with E-state index in [9.17, 15) is 9.18 Å². The molecule has 1 N–H and O–H groups in total. The van der Waals surface area contributed by atoms with Crippen molar-refractivity contribution in [2.75, 3.05) is 5.32 Å². The summed E-state index contributed by atoms with van der Waals surface area (Å²) in [4.78, 5) is 16.8. The number of halogens is 1. The molecule has 5 heteroatoms. The molecule has 0 atom stereocenters. The number of hydrogen-bond donors (Lipinski definition) is 1. The van der Waals surface area contributed by atoms with E-state index in [1.54, 1.807) is 48.5 Å². The maximum atomic E-state index is 13.9. The van der Waals surface area contributed by atoms with Crippen LogP contribution in [-0.4, -0.2) is 10.9 Å². The van der Waals surface area contributed by atoms with Gasteiger partial charge in [-0.3, -0.25) is 4.79 Å². The molecule has 0 aliphatic carbocycles. The number of nitrogens with zero attached hydrogens (tertiary/aromatic N) is 1. The molecule has 1 heterocycles. The Morgan fingerprint density at radius 1 is 1.07 bits per heavy atom. The zero-order valence-electron chi connectivity index (χ0n) is 14.7. The van der Waals surface area contributed by atoms with Crippen LogP contribution in [-0.2, 0) is 6.42 Å². The van der Waals surface area contributed by atoms with Crippen molar-refractivity contribution >= 4 is 22.7 Å². The highest BCUT2D eigenvalue weighted by Crippen LogP contribution is 2.27. The van der Waals surface area contributed by atoms with Crippen molar-refractivity contribution in [1.29, 1.82) is 0 Å². The topological polar surface area (TPSA) is 55.1 Å². The standard InChI is InChI=1S/C22H17FN2O2/c1-2-14-7-9-15(10-8-14)21(26)24-16-11-12-20-19(13-16)25-22(27-20)17-5-3-4-6-18(17)23/h3-13H,2H2,1H3,(H,24,26). The monoisotopic (exact) mass is 360 g/mol. The van der Waals surface area contributed by atoms with E-state index in [4.69, 9.17) is 4.42 Å². The van der Waals surface area contributed by atoms with Crippen LogP contribution in [0.25, 0.3) is 22.6 Å². The molecule has 0 saturated carbocycles. The van der Waals surface area contributed by atoms with Crippen molar-refractivity contribution in [1.82, 2.24) is 4.98 Å². The van der Waals surface area contributed by atoms with Crippen LogP contribution in [0.15, 0.2) is 71.1 Å². The predicted octanol–water partition coefficient (Wildman–Crippen LogP) is 5.45. The van der Waals surface area contributed by atoms with Crippen molar-refractivity contribution in [2.45, 2.75) is 13.3 Å². The van der Waals surface area contributed by atoms with E-state index in [0.29, 0.717) is 27.9 Å². The molecule has 1 amide bonds. The molecular formula is C22H17FN2O2. The lowest BCUT2D eigenvalue weighted by Gasteiger charge is -2.05. The summed E-state index contributed by atoms with van der Waals surface area (Å²) in [6, 6.07) is 19.0. The number of hydrogen-bond acceptors (Lipinski definition) is 3. The zero-order chi connectivity index (χ0) is 18.8. The number of nitrogens with one attached hydrogen (secondary N) is 1. The largest absolute Gasteiger partial charge is 0.436 e. The van der Waals surface area contributed by atoms with Gasteiger partial charge in [0.1, 0.15) is 11.3 Å². The molecule has 27 heavy (non-hydrogen) atoms. The van der Waals surface area contributed by atoms with Gasteiger partial charge < -0.3 is 9.73 Å². The van der Waals surface area contributed by atoms with Crippen LogP contribution in [0.3, 0.4) is 0 Å². The minimum Gasteiger partial charge on any atom is -0.436 e. The van der Waals surface area contributed by atoms with Gasteiger partial charge in [-0.15, -0.1) is 0 Å². The van der Waals surface area contributed by atoms with Gasteiger partial charge in [-0.25, -0.2) is 9.37 Å². The van der Waals surface area contributed by atoms with Gasteiger partial charge in [-0.2, -0.15) is 0 Å². The van der Waals surface area contributed by atoms with E-state index in [0.717, 1.165) is 6.42 Å². The van der Waals surface area contributed by atoms with Crippen molar-refractivity contribution in [2.24, 2.45) is 0 Å². The van der Waals surface area contributed by atoms with Gasteiger partial charge in [-0.05, 0) is 54.4 Å². The fourth-order valence-corrected chi connectivity index (χ4v) is 2.85. The molecule has 1 aromatic heterocycles. The van der Waals surface area contributed by atoms with Gasteiger partial charge in [0, 0.05) is 11.3 Å². The van der Waals surface area contributed by atoms with Crippen LogP contribution in [0.4, 0.5) is 10.1 Å². The Hall–Kier alpha value is -3.47. The van der Waals surface area contributed by atoms with E-state index in [2.05, 4.69) is 17.2 Å². The van der Waals surface area contributed by atoms with Gasteiger partial charge in [0.05, 0.1) is 5.56 Å². The summed E-state index contributed by atoms with van der Waals surface area (Å²) in [6.45, 7) is 2.07. The maximum absolute atomic E-state index is 13.9. The van der Waals surface area contributed by atoms with Gasteiger partial charge in [0.15, 0.2) is 5.58 Å². The Labute approximate surface area is 155 Å². The fourth-order valence-electron chi connectivity index (χ4n) is 2.85. The number of oxazole rings is 1. The third kappa shape index (κ3) is 3.44. The molecule has 0 aliphatic heterocycles. The summed E-state index contributed by atoms with van der Waals surface area (Å²) < 4.78 is 19.6. The number of aryl methyl sites for hydroxylation is 1. The number of fused-ring (bicyclic) bond motifs is 1. The lowest BCUT2D eigenvalue weighted by atomic mass is 10.1. The Bertz CT molecular complexity index is 1120. The van der Waals surface area contributed by atoms with E-state index >= 15 is 0 Å². The van der Waals surface area contributed by atoms with Crippen LogP contribution in [0, 0.1) is 5.82 Å². The lowest BCUT2D eigenvalue weighted by molar-refractivity contribution is 0.102. The Kier molecular flexibility index (Phi) is 4.42. The van der Waals surface area contributed by atoms with Crippen LogP contribution in [0.5, 0.6) is 0 Å². The molecule has 0 bridgehead atoms. The second kappa shape index (κ2) is 7.03. The first-order valence-electron chi connectivity index (χ1n) is 8.70. The molecule has 0 radical (unpaired) electrons. The maximum Gasteiger partial charge on any atom is 0.255 e. The predicted molar refractivity (Wildman–Crippen MR) is 103 cm³/mol. The third-order valence-electron chi connectivity index (χ3n) is 4.37. The van der Waals surface area contributed by atoms with E-state index in [1.165, 1.54) is 11.6 Å². The van der Waals surface area contributed by atoms with Crippen LogP contribution >= 0.6 is 0 Å². The first-order valence-corrected chi connectivity index (χ1v) is 8.70. The normalized spacial score (nSPS) is 10.9. The van der Waals surface area contributed by atoms with Gasteiger partial charge in [0.2, 0.25) is 5.89 Å². The quantitative estimate of drug-likeness (QED) is 0.526. The highest BCUT2D eigenvalue weighted by Gasteiger charge is 2.13. The Balaban J connectivity index is 1.59. The first kappa shape index (κ1) is 17.0. The second-order valence-corrected chi connectivity index (χ2v) is 6.19. The highest BCUT2D eigenvalue weighted by atomic mass is 19.1. The van der Waals surface area contributed by atoms with Crippen molar-refractivity contribution in [3.63, 3.8) is 0 Å². The average molecular weight is 360 g/mol. The molecular weight excluding hydrogens is 343 g/mol. The van der Waals surface area contributed by atoms with E-state index in [-0.39, 0.29) is 11.8 Å². The fraction of sp³-hybridized carbons (Fsp3) is 0.0909. The molecule has 3 aromatic carbocycles. The van der Waals surface area contributed by atoms with Crippen LogP contribution in [0.2, 0.25) is 0 Å². The molecule has 4 rings (SSSR count). The summed E-state index contributed by atoms with van der Waals surface area (Å²) in [5.74, 6) is -0.385. The lowest BCUT2D eigenvalue weighted by Crippen LogP contribution is -2.11. The molecule has 0 saturated heterocycles. The highest BCUT2D eigenvalue weighted by molar-refractivity contribution is 6.05. The second-order valence-electron chi connectivity index (χ2n) is 6.19. The first-order chi connectivity index (χ1) is 13.1. The number of carbonyl (C=O) groups is 1. The number of amides is 1. The van der Waals surface area contributed by atoms with Gasteiger partial charge in [0.25, 0.3) is 5.91 Å². The summed E-state index contributed by atoms with van der Waals surface area (Å²) in [7, 11) is 0. The molecule has 0 spiro atoms. The minimum atomic E-state index is -0.395. The number of carbonyl (C=O) groups excluding carboxylic acids is 1. The van der Waals surface area contributed by atoms with Crippen molar-refractivity contribution in [3.05, 3.63) is 83.7 Å². The smallest absolute Gasteiger partial charge is 0.255 e. The SMILES string of the molecule is CCc1ccc(C(=O)Nc2ccc3oc(-c4ccccc4F)nc3c2)cc1. The third-order valence-corrected chi connectivity index (χ3v) is 4.37. The van der Waals surface area contributed by atoms with Gasteiger partial charge >= 0.3 is 0 Å². The van der Waals surface area contributed by atoms with E-state index < -0.39 is 5.82 Å². The molecule has 4 aromatic rings. The summed E-state index contributed by atoms with van der Waals surface area (Å²) in [6.07, 6.45) is 0.926. The summed E-state index contributed by atoms with van der Waals surface area (Å²) >= 11 is 0.